The average Bonchev–Trinajstić information content (AvgIpc) is 3.10. The van der Waals surface area contributed by atoms with Crippen LogP contribution < -0.4 is 28.5 Å². The van der Waals surface area contributed by atoms with E-state index in [1.165, 1.54) is 56.8 Å². The van der Waals surface area contributed by atoms with Gasteiger partial charge in [0, 0.05) is 12.0 Å². The Morgan fingerprint density at radius 1 is 0.551 bits per heavy atom. The number of hydrogen-bond acceptors (Lipinski definition) is 11. The Bertz CT molecular complexity index is 1960. The first-order valence-corrected chi connectivity index (χ1v) is 18.8. The van der Waals surface area contributed by atoms with Crippen molar-refractivity contribution in [3.63, 3.8) is 0 Å². The SMILES string of the molecule is COC(=O)c1ccc(OP(C)(=O)c2ccc(COOc3ccc(OP(C)(=O)Oc4ccc(OC(=O)c5ccccc5)cc4)cc3)cc2)cc1. The molecular formula is C36H32O11P2. The van der Waals surface area contributed by atoms with Gasteiger partial charge in [-0.2, -0.15) is 4.89 Å². The van der Waals surface area contributed by atoms with Crippen LogP contribution in [-0.4, -0.2) is 32.4 Å². The lowest BCUT2D eigenvalue weighted by Gasteiger charge is -2.17. The summed E-state index contributed by atoms with van der Waals surface area (Å²) in [5, 5.41) is 0.503. The monoisotopic (exact) mass is 702 g/mol. The molecule has 2 unspecified atom stereocenters. The van der Waals surface area contributed by atoms with E-state index in [-0.39, 0.29) is 18.1 Å². The van der Waals surface area contributed by atoms with Gasteiger partial charge in [0.05, 0.1) is 24.9 Å². The summed E-state index contributed by atoms with van der Waals surface area (Å²) in [6, 6.07) is 34.1. The highest BCUT2D eigenvalue weighted by atomic mass is 31.2. The molecule has 13 heteroatoms. The van der Waals surface area contributed by atoms with E-state index in [9.17, 15) is 18.7 Å². The fourth-order valence-electron chi connectivity index (χ4n) is 4.32. The molecule has 252 valence electrons. The van der Waals surface area contributed by atoms with Crippen molar-refractivity contribution >= 4 is 32.2 Å². The summed E-state index contributed by atoms with van der Waals surface area (Å²) in [6.07, 6.45) is 0. The van der Waals surface area contributed by atoms with E-state index in [1.54, 1.807) is 91.0 Å². The Morgan fingerprint density at radius 2 is 1.04 bits per heavy atom. The van der Waals surface area contributed by atoms with Crippen LogP contribution >= 0.6 is 15.0 Å². The van der Waals surface area contributed by atoms with Crippen LogP contribution in [-0.2, 0) is 25.4 Å². The van der Waals surface area contributed by atoms with E-state index in [0.717, 1.165) is 5.56 Å². The molecule has 49 heavy (non-hydrogen) atoms. The van der Waals surface area contributed by atoms with Crippen LogP contribution in [0, 0.1) is 0 Å². The molecule has 0 aliphatic rings. The summed E-state index contributed by atoms with van der Waals surface area (Å²) in [6.45, 7) is 2.95. The van der Waals surface area contributed by atoms with Crippen molar-refractivity contribution in [3.8, 4) is 28.7 Å². The van der Waals surface area contributed by atoms with Crippen LogP contribution in [0.15, 0.2) is 127 Å². The van der Waals surface area contributed by atoms with Gasteiger partial charge in [0.1, 0.15) is 29.6 Å². The fourth-order valence-corrected chi connectivity index (χ4v) is 6.69. The van der Waals surface area contributed by atoms with Gasteiger partial charge in [0.25, 0.3) is 7.37 Å². The standard InChI is InChI=1S/C36H32O11P2/c1-41-35(37)28-11-13-31(14-12-28)45-48(2,39)34-23-9-26(10-24-34)25-42-44-30-17-21-33(22-18-30)47-49(3,40)46-32-19-15-29(16-20-32)43-36(38)27-7-5-4-6-8-27/h4-24H,25H2,1-3H3. The van der Waals surface area contributed by atoms with Crippen LogP contribution in [0.3, 0.4) is 0 Å². The maximum Gasteiger partial charge on any atom is 0.427 e. The summed E-state index contributed by atoms with van der Waals surface area (Å²) in [5.74, 6) is 0.633. The molecule has 0 heterocycles. The third-order valence-corrected chi connectivity index (χ3v) is 9.63. The van der Waals surface area contributed by atoms with Crippen LogP contribution in [0.4, 0.5) is 0 Å². The number of hydrogen-bond donors (Lipinski definition) is 0. The number of carbonyl (C=O) groups excluding carboxylic acids is 2. The quantitative estimate of drug-likeness (QED) is 0.0366. The Kier molecular flexibility index (Phi) is 11.2. The zero-order chi connectivity index (χ0) is 34.9. The third-order valence-electron chi connectivity index (χ3n) is 6.75. The average molecular weight is 703 g/mol. The zero-order valence-corrected chi connectivity index (χ0v) is 28.5. The Labute approximate surface area is 283 Å². The van der Waals surface area contributed by atoms with Gasteiger partial charge in [0.15, 0.2) is 5.75 Å². The second-order valence-electron chi connectivity index (χ2n) is 10.6. The lowest BCUT2D eigenvalue weighted by atomic mass is 10.2. The molecule has 11 nitrogen and oxygen atoms in total. The van der Waals surface area contributed by atoms with Crippen molar-refractivity contribution in [1.29, 1.82) is 0 Å². The predicted molar refractivity (Wildman–Crippen MR) is 183 cm³/mol. The second kappa shape index (κ2) is 15.7. The van der Waals surface area contributed by atoms with Crippen LogP contribution in [0.2, 0.25) is 0 Å². The predicted octanol–water partition coefficient (Wildman–Crippen LogP) is 8.10. The van der Waals surface area contributed by atoms with Gasteiger partial charge in [-0.1, -0.05) is 30.3 Å². The molecule has 0 saturated heterocycles. The highest BCUT2D eigenvalue weighted by molar-refractivity contribution is 7.66. The number of ether oxygens (including phenoxy) is 2. The van der Waals surface area contributed by atoms with E-state index in [4.69, 9.17) is 28.1 Å². The van der Waals surface area contributed by atoms with Crippen molar-refractivity contribution < 1.29 is 51.5 Å². The Hall–Kier alpha value is -5.34. The first kappa shape index (κ1) is 35.0. The molecule has 0 saturated carbocycles. The minimum absolute atomic E-state index is 0.102. The Balaban J connectivity index is 1.06. The molecule has 5 aromatic rings. The second-order valence-corrected chi connectivity index (χ2v) is 14.9. The van der Waals surface area contributed by atoms with Gasteiger partial charge in [-0.25, -0.2) is 14.2 Å². The molecule has 0 radical (unpaired) electrons. The van der Waals surface area contributed by atoms with E-state index in [1.807, 2.05) is 0 Å². The van der Waals surface area contributed by atoms with Gasteiger partial charge in [-0.3, -0.25) is 4.57 Å². The Morgan fingerprint density at radius 3 is 1.61 bits per heavy atom. The highest BCUT2D eigenvalue weighted by Crippen LogP contribution is 2.45. The molecule has 0 spiro atoms. The maximum atomic E-state index is 13.2. The van der Waals surface area contributed by atoms with Crippen molar-refractivity contribution in [3.05, 3.63) is 144 Å². The minimum atomic E-state index is -3.57. The molecule has 0 aliphatic heterocycles. The third kappa shape index (κ3) is 10.1. The summed E-state index contributed by atoms with van der Waals surface area (Å²) in [7, 11) is -5.48. The fraction of sp³-hybridized carbons (Fsp3) is 0.111. The zero-order valence-electron chi connectivity index (χ0n) is 26.7. The maximum absolute atomic E-state index is 13.2. The van der Waals surface area contributed by atoms with Crippen LogP contribution in [0.25, 0.3) is 0 Å². The van der Waals surface area contributed by atoms with E-state index < -0.39 is 26.9 Å². The first-order chi connectivity index (χ1) is 23.5. The van der Waals surface area contributed by atoms with Crippen molar-refractivity contribution in [2.24, 2.45) is 0 Å². The smallest absolute Gasteiger partial charge is 0.427 e. The number of benzene rings is 5. The molecule has 0 amide bonds. The topological polar surface area (TPSA) is 133 Å². The minimum Gasteiger partial charge on any atom is -0.465 e. The molecule has 0 aromatic heterocycles. The lowest BCUT2D eigenvalue weighted by molar-refractivity contribution is -0.217. The van der Waals surface area contributed by atoms with Crippen LogP contribution in [0.5, 0.6) is 28.7 Å². The summed E-state index contributed by atoms with van der Waals surface area (Å²) < 4.78 is 53.2. The first-order valence-electron chi connectivity index (χ1n) is 14.8. The number of carbonyl (C=O) groups is 2. The van der Waals surface area contributed by atoms with Crippen molar-refractivity contribution in [2.45, 2.75) is 6.61 Å². The van der Waals surface area contributed by atoms with Crippen LogP contribution in [0.1, 0.15) is 26.3 Å². The van der Waals surface area contributed by atoms with Gasteiger partial charge in [0.2, 0.25) is 0 Å². The van der Waals surface area contributed by atoms with Gasteiger partial charge < -0.3 is 27.9 Å². The largest absolute Gasteiger partial charge is 0.465 e. The van der Waals surface area contributed by atoms with Gasteiger partial charge in [-0.05, 0) is 103 Å². The van der Waals surface area contributed by atoms with Gasteiger partial charge >= 0.3 is 19.5 Å². The summed E-state index contributed by atoms with van der Waals surface area (Å²) in [4.78, 5) is 34.6. The molecule has 2 atom stereocenters. The van der Waals surface area contributed by atoms with Crippen molar-refractivity contribution in [1.82, 2.24) is 0 Å². The van der Waals surface area contributed by atoms with E-state index >= 15 is 0 Å². The summed E-state index contributed by atoms with van der Waals surface area (Å²) >= 11 is 0. The van der Waals surface area contributed by atoms with E-state index in [0.29, 0.717) is 33.7 Å². The number of rotatable bonds is 14. The molecule has 0 N–H and O–H groups in total. The van der Waals surface area contributed by atoms with Gasteiger partial charge in [-0.15, -0.1) is 0 Å². The van der Waals surface area contributed by atoms with Crippen molar-refractivity contribution in [2.75, 3.05) is 20.4 Å². The summed E-state index contributed by atoms with van der Waals surface area (Å²) in [5.41, 5.74) is 1.54. The molecule has 0 bridgehead atoms. The molecular weight excluding hydrogens is 670 g/mol. The van der Waals surface area contributed by atoms with E-state index in [2.05, 4.69) is 4.74 Å². The molecule has 5 rings (SSSR count). The molecule has 0 aliphatic carbocycles. The lowest BCUT2D eigenvalue weighted by Crippen LogP contribution is -2.09. The number of methoxy groups -OCH3 is 1. The normalized spacial score (nSPS) is 13.2. The number of esters is 2. The highest BCUT2D eigenvalue weighted by Gasteiger charge is 2.22. The molecule has 5 aromatic carbocycles. The molecule has 0 fully saturated rings.